The van der Waals surface area contributed by atoms with Crippen LogP contribution in [0, 0.1) is 0 Å². The number of fused-ring (bicyclic) bond motifs is 1. The average Bonchev–Trinajstić information content (AvgIpc) is 3.32. The van der Waals surface area contributed by atoms with E-state index in [9.17, 15) is 24.2 Å². The van der Waals surface area contributed by atoms with Crippen molar-refractivity contribution in [3.05, 3.63) is 53.3 Å². The lowest BCUT2D eigenvalue weighted by Crippen LogP contribution is -2.33. The van der Waals surface area contributed by atoms with E-state index in [1.807, 2.05) is 37.3 Å². The van der Waals surface area contributed by atoms with Crippen molar-refractivity contribution in [3.63, 3.8) is 0 Å². The number of pyridine rings is 1. The zero-order chi connectivity index (χ0) is 26.3. The van der Waals surface area contributed by atoms with Crippen LogP contribution in [0.2, 0.25) is 5.15 Å². The topological polar surface area (TPSA) is 196 Å². The summed E-state index contributed by atoms with van der Waals surface area (Å²) in [6, 6.07) is 11.2. The zero-order valence-corrected chi connectivity index (χ0v) is 21.4. The van der Waals surface area contributed by atoms with Gasteiger partial charge in [-0.25, -0.2) is 9.67 Å². The number of nitrogens with zero attached hydrogens (tertiary/aromatic N) is 3. The molecule has 196 valence electrons. The summed E-state index contributed by atoms with van der Waals surface area (Å²) in [5.41, 5.74) is 1.91. The highest BCUT2D eigenvalue weighted by atomic mass is 35.5. The molecule has 36 heavy (non-hydrogen) atoms. The number of halogens is 1. The largest absolute Gasteiger partial charge is 0.387 e. The van der Waals surface area contributed by atoms with E-state index >= 15 is 0 Å². The maximum atomic E-state index is 11.9. The average molecular weight is 563 g/mol. The summed E-state index contributed by atoms with van der Waals surface area (Å²) in [5, 5.41) is 29.3. The molecule has 3 aromatic rings. The molecule has 1 aromatic carbocycles. The van der Waals surface area contributed by atoms with Gasteiger partial charge in [-0.3, -0.25) is 9.13 Å². The van der Waals surface area contributed by atoms with Crippen molar-refractivity contribution in [1.82, 2.24) is 14.8 Å². The predicted octanol–water partition coefficient (Wildman–Crippen LogP) is 2.21. The standard InChI is InChI=1S/C20H25ClN4O9P2/c1-11(12-5-3-2-4-6-12)23-14-7-16(21)24-19-13(14)8-22-25(19)20-18(27)17(26)15(34-20)9-33-36(31,32)10-35(28,29)30/h2-8,11,15,17-18,20,26-27H,9-10H2,1H3,(H,23,24)(H,31,32)(H2,28,29,30)/t11-,15-,17-,18-,20-/m1/s1. The van der Waals surface area contributed by atoms with E-state index in [4.69, 9.17) is 30.6 Å². The van der Waals surface area contributed by atoms with Crippen LogP contribution in [-0.4, -0.2) is 70.5 Å². The molecule has 3 heterocycles. The van der Waals surface area contributed by atoms with Gasteiger partial charge in [0, 0.05) is 6.04 Å². The molecule has 4 rings (SSSR count). The van der Waals surface area contributed by atoms with Crippen molar-refractivity contribution in [2.75, 3.05) is 17.8 Å². The van der Waals surface area contributed by atoms with E-state index < -0.39 is 52.2 Å². The van der Waals surface area contributed by atoms with Gasteiger partial charge in [0.2, 0.25) is 0 Å². The monoisotopic (exact) mass is 562 g/mol. The smallest absolute Gasteiger partial charge is 0.340 e. The lowest BCUT2D eigenvalue weighted by molar-refractivity contribution is -0.0541. The van der Waals surface area contributed by atoms with Crippen LogP contribution < -0.4 is 5.32 Å². The molecule has 6 atom stereocenters. The second-order valence-corrected chi connectivity index (χ2v) is 12.8. The minimum atomic E-state index is -4.83. The molecule has 0 spiro atoms. The molecule has 0 saturated carbocycles. The molecule has 0 bridgehead atoms. The second-order valence-electron chi connectivity index (χ2n) is 8.38. The van der Waals surface area contributed by atoms with Crippen LogP contribution in [-0.2, 0) is 18.4 Å². The van der Waals surface area contributed by atoms with Crippen molar-refractivity contribution >= 4 is 43.5 Å². The molecule has 2 aromatic heterocycles. The Bertz CT molecular complexity index is 1320. The normalized spacial score (nSPS) is 25.1. The molecule has 16 heteroatoms. The van der Waals surface area contributed by atoms with Crippen molar-refractivity contribution < 1.29 is 43.3 Å². The Morgan fingerprint density at radius 1 is 1.19 bits per heavy atom. The molecule has 1 aliphatic rings. The number of aromatic nitrogens is 3. The highest BCUT2D eigenvalue weighted by molar-refractivity contribution is 7.70. The molecule has 0 aliphatic carbocycles. The van der Waals surface area contributed by atoms with E-state index in [1.165, 1.54) is 10.9 Å². The zero-order valence-electron chi connectivity index (χ0n) is 18.8. The number of aliphatic hydroxyl groups is 2. The van der Waals surface area contributed by atoms with E-state index in [0.29, 0.717) is 11.1 Å². The van der Waals surface area contributed by atoms with Crippen LogP contribution in [0.4, 0.5) is 5.69 Å². The van der Waals surface area contributed by atoms with Gasteiger partial charge < -0.3 is 39.5 Å². The quantitative estimate of drug-likeness (QED) is 0.164. The molecule has 0 radical (unpaired) electrons. The molecule has 1 fully saturated rings. The van der Waals surface area contributed by atoms with Gasteiger partial charge in [-0.05, 0) is 18.6 Å². The number of nitrogens with one attached hydrogen (secondary N) is 1. The summed E-state index contributed by atoms with van der Waals surface area (Å²) in [6.07, 6.45) is -4.14. The number of ether oxygens (including phenoxy) is 1. The van der Waals surface area contributed by atoms with Crippen molar-refractivity contribution in [3.8, 4) is 0 Å². The second kappa shape index (κ2) is 10.5. The Balaban J connectivity index is 1.55. The highest BCUT2D eigenvalue weighted by Gasteiger charge is 2.46. The third-order valence-electron chi connectivity index (χ3n) is 5.59. The number of benzene rings is 1. The maximum Gasteiger partial charge on any atom is 0.340 e. The summed E-state index contributed by atoms with van der Waals surface area (Å²) < 4.78 is 34.5. The van der Waals surface area contributed by atoms with Gasteiger partial charge in [-0.15, -0.1) is 0 Å². The third kappa shape index (κ3) is 6.15. The number of rotatable bonds is 9. The molecular formula is C20H25ClN4O9P2. The molecule has 1 unspecified atom stereocenters. The molecule has 1 aliphatic heterocycles. The number of hydrogen-bond acceptors (Lipinski definition) is 9. The summed E-state index contributed by atoms with van der Waals surface area (Å²) in [7, 11) is -9.51. The fraction of sp³-hybridized carbons (Fsp3) is 0.400. The van der Waals surface area contributed by atoms with Crippen molar-refractivity contribution in [1.29, 1.82) is 0 Å². The first-order chi connectivity index (χ1) is 16.8. The first-order valence-electron chi connectivity index (χ1n) is 10.7. The highest BCUT2D eigenvalue weighted by Crippen LogP contribution is 2.55. The number of anilines is 1. The van der Waals surface area contributed by atoms with Gasteiger partial charge in [0.1, 0.15) is 23.5 Å². The Morgan fingerprint density at radius 2 is 1.89 bits per heavy atom. The summed E-state index contributed by atoms with van der Waals surface area (Å²) in [5.74, 6) is -1.39. The van der Waals surface area contributed by atoms with Gasteiger partial charge >= 0.3 is 15.2 Å². The predicted molar refractivity (Wildman–Crippen MR) is 130 cm³/mol. The minimum absolute atomic E-state index is 0.0878. The first-order valence-corrected chi connectivity index (χ1v) is 14.7. The first kappa shape index (κ1) is 27.2. The lowest BCUT2D eigenvalue weighted by Gasteiger charge is -2.18. The molecule has 6 N–H and O–H groups in total. The fourth-order valence-corrected chi connectivity index (χ4v) is 6.64. The van der Waals surface area contributed by atoms with Crippen molar-refractivity contribution in [2.45, 2.75) is 37.5 Å². The van der Waals surface area contributed by atoms with E-state index in [0.717, 1.165) is 5.56 Å². The summed E-state index contributed by atoms with van der Waals surface area (Å²) in [4.78, 5) is 31.8. The van der Waals surface area contributed by atoms with E-state index in [2.05, 4.69) is 15.4 Å². The van der Waals surface area contributed by atoms with Gasteiger partial charge in [-0.2, -0.15) is 5.10 Å². The summed E-state index contributed by atoms with van der Waals surface area (Å²) >= 11 is 6.25. The van der Waals surface area contributed by atoms with Gasteiger partial charge in [-0.1, -0.05) is 41.9 Å². The van der Waals surface area contributed by atoms with E-state index in [-0.39, 0.29) is 16.8 Å². The Labute approximate surface area is 210 Å². The number of hydrogen-bond donors (Lipinski definition) is 6. The van der Waals surface area contributed by atoms with Crippen LogP contribution in [0.15, 0.2) is 42.6 Å². The molecule has 0 amide bonds. The number of aliphatic hydroxyl groups excluding tert-OH is 2. The van der Waals surface area contributed by atoms with Crippen LogP contribution in [0.3, 0.4) is 0 Å². The Kier molecular flexibility index (Phi) is 7.89. The van der Waals surface area contributed by atoms with Crippen LogP contribution in [0.5, 0.6) is 0 Å². The SMILES string of the molecule is C[C@@H](Nc1cc(Cl)nc2c1cnn2[C@@H]1O[C@H](COP(=O)(O)CP(=O)(O)O)[C@@H](O)[C@H]1O)c1ccccc1. The van der Waals surface area contributed by atoms with Gasteiger partial charge in [0.25, 0.3) is 0 Å². The molecule has 13 nitrogen and oxygen atoms in total. The Morgan fingerprint density at radius 3 is 2.56 bits per heavy atom. The summed E-state index contributed by atoms with van der Waals surface area (Å²) in [6.45, 7) is 1.26. The van der Waals surface area contributed by atoms with E-state index in [1.54, 1.807) is 6.07 Å². The maximum absolute atomic E-state index is 11.9. The van der Waals surface area contributed by atoms with Gasteiger partial charge in [0.15, 0.2) is 17.8 Å². The third-order valence-corrected chi connectivity index (χ3v) is 9.24. The lowest BCUT2D eigenvalue weighted by atomic mass is 10.1. The minimum Gasteiger partial charge on any atom is -0.387 e. The van der Waals surface area contributed by atoms with Crippen molar-refractivity contribution in [2.24, 2.45) is 0 Å². The van der Waals surface area contributed by atoms with Gasteiger partial charge in [0.05, 0.1) is 23.9 Å². The fourth-order valence-electron chi connectivity index (χ4n) is 3.88. The molecule has 1 saturated heterocycles. The molecular weight excluding hydrogens is 538 g/mol. The van der Waals surface area contributed by atoms with Crippen LogP contribution in [0.1, 0.15) is 24.8 Å². The van der Waals surface area contributed by atoms with Crippen LogP contribution >= 0.6 is 26.8 Å². The Hall–Kier alpha value is -1.89. The van der Waals surface area contributed by atoms with Crippen LogP contribution in [0.25, 0.3) is 11.0 Å².